The largest absolute Gasteiger partial charge is 0.493 e. The van der Waals surface area contributed by atoms with Crippen molar-refractivity contribution in [3.05, 3.63) is 40.0 Å². The number of aromatic nitrogens is 3. The molecule has 0 saturated carbocycles. The number of nitrogens with one attached hydrogen (secondary N) is 1. The SMILES string of the molecule is COc1ccc(-c2nc(C)c(C(=O)Nc3c4c(nn3C)CSC4)s2)cc1OC. The number of nitrogens with zero attached hydrogens (tertiary/aromatic N) is 3. The Hall–Kier alpha value is -2.52. The lowest BCUT2D eigenvalue weighted by molar-refractivity contribution is 0.102. The summed E-state index contributed by atoms with van der Waals surface area (Å²) in [5, 5.41) is 8.28. The number of rotatable bonds is 5. The molecule has 2 aromatic heterocycles. The van der Waals surface area contributed by atoms with Crippen LogP contribution >= 0.6 is 23.1 Å². The maximum absolute atomic E-state index is 12.9. The van der Waals surface area contributed by atoms with E-state index >= 15 is 0 Å². The summed E-state index contributed by atoms with van der Waals surface area (Å²) >= 11 is 3.17. The lowest BCUT2D eigenvalue weighted by Gasteiger charge is -2.08. The zero-order valence-electron chi connectivity index (χ0n) is 16.0. The van der Waals surface area contributed by atoms with Crippen molar-refractivity contribution in [3.8, 4) is 22.1 Å². The molecule has 28 heavy (non-hydrogen) atoms. The van der Waals surface area contributed by atoms with Crippen molar-refractivity contribution in [2.75, 3.05) is 19.5 Å². The van der Waals surface area contributed by atoms with Gasteiger partial charge in [-0.05, 0) is 25.1 Å². The number of anilines is 1. The van der Waals surface area contributed by atoms with Gasteiger partial charge >= 0.3 is 0 Å². The molecule has 0 fully saturated rings. The molecule has 3 aromatic rings. The molecule has 0 atom stereocenters. The predicted molar refractivity (Wildman–Crippen MR) is 112 cm³/mol. The minimum atomic E-state index is -0.163. The molecule has 146 valence electrons. The van der Waals surface area contributed by atoms with Gasteiger partial charge in [0.2, 0.25) is 0 Å². The molecule has 0 spiro atoms. The second kappa shape index (κ2) is 7.48. The molecule has 0 aliphatic carbocycles. The number of methoxy groups -OCH3 is 2. The normalized spacial score (nSPS) is 12.7. The Labute approximate surface area is 171 Å². The number of thiazole rings is 1. The Balaban J connectivity index is 1.62. The van der Waals surface area contributed by atoms with Crippen molar-refractivity contribution in [2.24, 2.45) is 7.05 Å². The van der Waals surface area contributed by atoms with Crippen molar-refractivity contribution < 1.29 is 14.3 Å². The van der Waals surface area contributed by atoms with E-state index in [0.29, 0.717) is 22.1 Å². The molecule has 1 aliphatic heterocycles. The number of benzene rings is 1. The van der Waals surface area contributed by atoms with Crippen LogP contribution in [0.3, 0.4) is 0 Å². The van der Waals surface area contributed by atoms with E-state index in [-0.39, 0.29) is 5.91 Å². The van der Waals surface area contributed by atoms with Crippen LogP contribution < -0.4 is 14.8 Å². The minimum absolute atomic E-state index is 0.163. The summed E-state index contributed by atoms with van der Waals surface area (Å²) in [7, 11) is 5.05. The van der Waals surface area contributed by atoms with Crippen molar-refractivity contribution in [2.45, 2.75) is 18.4 Å². The zero-order chi connectivity index (χ0) is 19.8. The first kappa shape index (κ1) is 18.8. The van der Waals surface area contributed by atoms with Gasteiger partial charge in [0.25, 0.3) is 5.91 Å². The van der Waals surface area contributed by atoms with Crippen LogP contribution in [0, 0.1) is 6.92 Å². The second-order valence-corrected chi connectivity index (χ2v) is 8.33. The number of fused-ring (bicyclic) bond motifs is 1. The minimum Gasteiger partial charge on any atom is -0.493 e. The molecule has 0 bridgehead atoms. The van der Waals surface area contributed by atoms with Crippen molar-refractivity contribution in [1.29, 1.82) is 0 Å². The highest BCUT2D eigenvalue weighted by molar-refractivity contribution is 7.98. The molecule has 3 heterocycles. The lowest BCUT2D eigenvalue weighted by atomic mass is 10.2. The van der Waals surface area contributed by atoms with E-state index in [4.69, 9.17) is 9.47 Å². The Morgan fingerprint density at radius 3 is 2.75 bits per heavy atom. The smallest absolute Gasteiger partial charge is 0.268 e. The fraction of sp³-hybridized carbons (Fsp3) is 0.316. The third-order valence-electron chi connectivity index (χ3n) is 4.58. The van der Waals surface area contributed by atoms with Crippen LogP contribution in [0.5, 0.6) is 11.5 Å². The van der Waals surface area contributed by atoms with Crippen LogP contribution in [0.4, 0.5) is 5.82 Å². The Morgan fingerprint density at radius 2 is 2.00 bits per heavy atom. The average molecular weight is 417 g/mol. The van der Waals surface area contributed by atoms with Crippen LogP contribution in [-0.2, 0) is 18.6 Å². The van der Waals surface area contributed by atoms with Gasteiger partial charge in [0.15, 0.2) is 11.5 Å². The fourth-order valence-corrected chi connectivity index (χ4v) is 5.15. The Morgan fingerprint density at radius 1 is 1.21 bits per heavy atom. The van der Waals surface area contributed by atoms with Gasteiger partial charge in [-0.2, -0.15) is 16.9 Å². The van der Waals surface area contributed by atoms with E-state index in [9.17, 15) is 4.79 Å². The summed E-state index contributed by atoms with van der Waals surface area (Å²) in [5.41, 5.74) is 3.74. The predicted octanol–water partition coefficient (Wildman–Crippen LogP) is 3.87. The van der Waals surface area contributed by atoms with E-state index in [0.717, 1.165) is 39.2 Å². The number of hydrogen-bond acceptors (Lipinski definition) is 7. The van der Waals surface area contributed by atoms with Crippen LogP contribution in [0.25, 0.3) is 10.6 Å². The van der Waals surface area contributed by atoms with Crippen LogP contribution in [0.1, 0.15) is 26.6 Å². The summed E-state index contributed by atoms with van der Waals surface area (Å²) in [5.74, 6) is 3.65. The Kier molecular flexibility index (Phi) is 5.03. The molecule has 1 N–H and O–H groups in total. The maximum Gasteiger partial charge on any atom is 0.268 e. The number of carbonyl (C=O) groups excluding carboxylic acids is 1. The Bertz CT molecular complexity index is 1060. The van der Waals surface area contributed by atoms with Gasteiger partial charge < -0.3 is 14.8 Å². The third-order valence-corrected chi connectivity index (χ3v) is 6.75. The summed E-state index contributed by atoms with van der Waals surface area (Å²) < 4.78 is 12.4. The molecule has 1 amide bonds. The highest BCUT2D eigenvalue weighted by atomic mass is 32.2. The first-order valence-electron chi connectivity index (χ1n) is 8.65. The monoisotopic (exact) mass is 416 g/mol. The maximum atomic E-state index is 12.9. The second-order valence-electron chi connectivity index (χ2n) is 6.35. The summed E-state index contributed by atoms with van der Waals surface area (Å²) in [6.45, 7) is 1.85. The first-order chi connectivity index (χ1) is 13.5. The van der Waals surface area contributed by atoms with Gasteiger partial charge in [0, 0.05) is 29.7 Å². The quantitative estimate of drug-likeness (QED) is 0.680. The van der Waals surface area contributed by atoms with Crippen molar-refractivity contribution in [1.82, 2.24) is 14.8 Å². The van der Waals surface area contributed by atoms with Crippen LogP contribution in [0.2, 0.25) is 0 Å². The van der Waals surface area contributed by atoms with E-state index in [1.165, 1.54) is 11.3 Å². The topological polar surface area (TPSA) is 78.3 Å². The standard InChI is InChI=1S/C19H20N4O3S2/c1-10-16(18(24)21-17-12-8-27-9-13(12)22-23(17)2)28-19(20-10)11-5-6-14(25-3)15(7-11)26-4/h5-7H,8-9H2,1-4H3,(H,21,24). The fourth-order valence-electron chi connectivity index (χ4n) is 3.16. The highest BCUT2D eigenvalue weighted by Gasteiger charge is 2.24. The first-order valence-corrected chi connectivity index (χ1v) is 10.6. The van der Waals surface area contributed by atoms with E-state index < -0.39 is 0 Å². The number of hydrogen-bond donors (Lipinski definition) is 1. The zero-order valence-corrected chi connectivity index (χ0v) is 17.7. The van der Waals surface area contributed by atoms with Crippen LogP contribution in [-0.4, -0.2) is 34.9 Å². The summed E-state index contributed by atoms with van der Waals surface area (Å²) in [6, 6.07) is 5.61. The van der Waals surface area contributed by atoms with E-state index in [1.807, 2.05) is 43.9 Å². The van der Waals surface area contributed by atoms with E-state index in [2.05, 4.69) is 15.4 Å². The van der Waals surface area contributed by atoms with Crippen molar-refractivity contribution >= 4 is 34.8 Å². The van der Waals surface area contributed by atoms with Crippen molar-refractivity contribution in [3.63, 3.8) is 0 Å². The van der Waals surface area contributed by atoms with Gasteiger partial charge in [-0.1, -0.05) is 0 Å². The summed E-state index contributed by atoms with van der Waals surface area (Å²) in [4.78, 5) is 18.1. The number of aryl methyl sites for hydroxylation is 2. The number of thioether (sulfide) groups is 1. The average Bonchev–Trinajstić information content (AvgIpc) is 3.37. The van der Waals surface area contributed by atoms with Gasteiger partial charge in [-0.25, -0.2) is 4.98 Å². The third kappa shape index (κ3) is 3.24. The molecule has 9 heteroatoms. The number of amides is 1. The summed E-state index contributed by atoms with van der Waals surface area (Å²) in [6.07, 6.45) is 0. The van der Waals surface area contributed by atoms with Crippen LogP contribution in [0.15, 0.2) is 18.2 Å². The molecular weight excluding hydrogens is 396 g/mol. The highest BCUT2D eigenvalue weighted by Crippen LogP contribution is 2.37. The van der Waals surface area contributed by atoms with E-state index in [1.54, 1.807) is 18.9 Å². The molecule has 4 rings (SSSR count). The molecule has 0 unspecified atom stereocenters. The number of carbonyl (C=O) groups is 1. The molecule has 1 aliphatic rings. The lowest BCUT2D eigenvalue weighted by Crippen LogP contribution is -2.15. The molecular formula is C19H20N4O3S2. The molecule has 7 nitrogen and oxygen atoms in total. The van der Waals surface area contributed by atoms with Gasteiger partial charge in [0.1, 0.15) is 15.7 Å². The molecule has 0 radical (unpaired) electrons. The molecule has 1 aromatic carbocycles. The van der Waals surface area contributed by atoms with Gasteiger partial charge in [0.05, 0.1) is 25.6 Å². The van der Waals surface area contributed by atoms with Gasteiger partial charge in [-0.3, -0.25) is 9.48 Å². The van der Waals surface area contributed by atoms with Gasteiger partial charge in [-0.15, -0.1) is 11.3 Å². The molecule has 0 saturated heterocycles. The number of ether oxygens (including phenoxy) is 2.